The van der Waals surface area contributed by atoms with Gasteiger partial charge in [-0.25, -0.2) is 0 Å². The van der Waals surface area contributed by atoms with Gasteiger partial charge in [0, 0.05) is 36.0 Å². The minimum Gasteiger partial charge on any atom is -0.370 e. The number of amides is 1. The van der Waals surface area contributed by atoms with Crippen LogP contribution in [0.1, 0.15) is 45.4 Å². The van der Waals surface area contributed by atoms with Crippen molar-refractivity contribution in [2.75, 3.05) is 0 Å². The van der Waals surface area contributed by atoms with Gasteiger partial charge in [-0.3, -0.25) is 4.79 Å². The largest absolute Gasteiger partial charge is 0.370 e. The first-order valence-electron chi connectivity index (χ1n) is 4.05. The molecule has 2 nitrogen and oxygen atoms in total. The summed E-state index contributed by atoms with van der Waals surface area (Å²) in [7, 11) is 0. The average molecular weight is 166 g/mol. The molecule has 0 aliphatic heterocycles. The van der Waals surface area contributed by atoms with E-state index in [9.17, 15) is 4.79 Å². The SMILES string of the molecule is CCCCCCCC(N)=O.[Na]. The number of carbonyl (C=O) groups excluding carboxylic acids is 1. The minimum atomic E-state index is -0.170. The third kappa shape index (κ3) is 13.5. The first kappa shape index (κ1) is 14.0. The quantitative estimate of drug-likeness (QED) is 0.471. The molecule has 0 fully saturated rings. The van der Waals surface area contributed by atoms with Crippen LogP contribution >= 0.6 is 0 Å². The molecule has 3 heteroatoms. The second-order valence-electron chi connectivity index (χ2n) is 2.63. The van der Waals surface area contributed by atoms with Gasteiger partial charge in [0.2, 0.25) is 5.91 Å². The normalized spacial score (nSPS) is 8.82. The van der Waals surface area contributed by atoms with Crippen LogP contribution in [0.25, 0.3) is 0 Å². The van der Waals surface area contributed by atoms with E-state index in [-0.39, 0.29) is 35.5 Å². The fourth-order valence-corrected chi connectivity index (χ4v) is 0.903. The first-order valence-corrected chi connectivity index (χ1v) is 4.05. The summed E-state index contributed by atoms with van der Waals surface area (Å²) < 4.78 is 0. The molecule has 0 aromatic heterocycles. The molecule has 0 saturated carbocycles. The summed E-state index contributed by atoms with van der Waals surface area (Å²) in [5.41, 5.74) is 4.97. The number of unbranched alkanes of at least 4 members (excludes halogenated alkanes) is 4. The van der Waals surface area contributed by atoms with Crippen molar-refractivity contribution in [2.45, 2.75) is 45.4 Å². The van der Waals surface area contributed by atoms with Crippen molar-refractivity contribution in [3.63, 3.8) is 0 Å². The number of hydrogen-bond donors (Lipinski definition) is 1. The van der Waals surface area contributed by atoms with Gasteiger partial charge in [0.25, 0.3) is 0 Å². The van der Waals surface area contributed by atoms with Crippen LogP contribution in [-0.4, -0.2) is 35.5 Å². The monoisotopic (exact) mass is 166 g/mol. The van der Waals surface area contributed by atoms with Crippen LogP contribution in [-0.2, 0) is 4.79 Å². The van der Waals surface area contributed by atoms with Gasteiger partial charge in [0.05, 0.1) is 0 Å². The fraction of sp³-hybridized carbons (Fsp3) is 0.875. The Hall–Kier alpha value is 0.470. The van der Waals surface area contributed by atoms with Crippen LogP contribution in [0.4, 0.5) is 0 Å². The van der Waals surface area contributed by atoms with Gasteiger partial charge in [-0.2, -0.15) is 0 Å². The number of rotatable bonds is 6. The van der Waals surface area contributed by atoms with Crippen molar-refractivity contribution in [1.82, 2.24) is 0 Å². The van der Waals surface area contributed by atoms with Crippen molar-refractivity contribution in [1.29, 1.82) is 0 Å². The predicted molar refractivity (Wildman–Crippen MR) is 48.3 cm³/mol. The maximum Gasteiger partial charge on any atom is 0.217 e. The van der Waals surface area contributed by atoms with Crippen LogP contribution in [0.5, 0.6) is 0 Å². The van der Waals surface area contributed by atoms with Gasteiger partial charge in [0.1, 0.15) is 0 Å². The summed E-state index contributed by atoms with van der Waals surface area (Å²) >= 11 is 0. The maximum atomic E-state index is 10.3. The molecular weight excluding hydrogens is 149 g/mol. The molecule has 0 unspecified atom stereocenters. The van der Waals surface area contributed by atoms with E-state index in [1.807, 2.05) is 0 Å². The third-order valence-corrected chi connectivity index (χ3v) is 1.53. The topological polar surface area (TPSA) is 43.1 Å². The summed E-state index contributed by atoms with van der Waals surface area (Å²) in [5, 5.41) is 0. The average Bonchev–Trinajstić information content (AvgIpc) is 1.87. The van der Waals surface area contributed by atoms with Crippen LogP contribution in [0, 0.1) is 0 Å². The Morgan fingerprint density at radius 2 is 1.73 bits per heavy atom. The van der Waals surface area contributed by atoms with Gasteiger partial charge in [-0.15, -0.1) is 0 Å². The summed E-state index contributed by atoms with van der Waals surface area (Å²) in [6, 6.07) is 0. The second kappa shape index (κ2) is 10.5. The molecule has 0 aliphatic rings. The van der Waals surface area contributed by atoms with E-state index >= 15 is 0 Å². The van der Waals surface area contributed by atoms with E-state index < -0.39 is 0 Å². The van der Waals surface area contributed by atoms with E-state index in [0.29, 0.717) is 6.42 Å². The zero-order chi connectivity index (χ0) is 7.82. The van der Waals surface area contributed by atoms with Gasteiger partial charge >= 0.3 is 0 Å². The van der Waals surface area contributed by atoms with E-state index in [1.165, 1.54) is 19.3 Å². The van der Waals surface area contributed by atoms with E-state index in [4.69, 9.17) is 5.73 Å². The molecule has 1 amide bonds. The molecule has 0 atom stereocenters. The molecule has 0 spiro atoms. The minimum absolute atomic E-state index is 0. The molecule has 0 aromatic rings. The van der Waals surface area contributed by atoms with Crippen molar-refractivity contribution < 1.29 is 4.79 Å². The maximum absolute atomic E-state index is 10.3. The molecular formula is C8H17NNaO. The van der Waals surface area contributed by atoms with Crippen LogP contribution in [0.15, 0.2) is 0 Å². The third-order valence-electron chi connectivity index (χ3n) is 1.53. The summed E-state index contributed by atoms with van der Waals surface area (Å²) in [6.07, 6.45) is 6.44. The Bertz CT molecular complexity index is 96.1. The molecule has 11 heavy (non-hydrogen) atoms. The van der Waals surface area contributed by atoms with Crippen LogP contribution in [0.2, 0.25) is 0 Å². The molecule has 61 valence electrons. The van der Waals surface area contributed by atoms with Crippen LogP contribution in [0.3, 0.4) is 0 Å². The Morgan fingerprint density at radius 3 is 2.18 bits per heavy atom. The molecule has 0 bridgehead atoms. The molecule has 0 rings (SSSR count). The number of hydrogen-bond acceptors (Lipinski definition) is 1. The summed E-state index contributed by atoms with van der Waals surface area (Å²) in [4.78, 5) is 10.3. The predicted octanol–water partition coefficient (Wildman–Crippen LogP) is 1.45. The van der Waals surface area contributed by atoms with Crippen molar-refractivity contribution in [3.05, 3.63) is 0 Å². The van der Waals surface area contributed by atoms with Crippen molar-refractivity contribution >= 4 is 35.5 Å². The number of carbonyl (C=O) groups is 1. The number of nitrogens with two attached hydrogens (primary N) is 1. The smallest absolute Gasteiger partial charge is 0.217 e. The van der Waals surface area contributed by atoms with E-state index in [1.54, 1.807) is 0 Å². The van der Waals surface area contributed by atoms with Gasteiger partial charge in [-0.1, -0.05) is 32.6 Å². The molecule has 0 heterocycles. The van der Waals surface area contributed by atoms with E-state index in [0.717, 1.165) is 12.8 Å². The summed E-state index contributed by atoms with van der Waals surface area (Å²) in [5.74, 6) is -0.170. The zero-order valence-electron chi connectivity index (χ0n) is 7.73. The Kier molecular flexibility index (Phi) is 13.3. The van der Waals surface area contributed by atoms with Crippen molar-refractivity contribution in [2.24, 2.45) is 5.73 Å². The molecule has 0 aromatic carbocycles. The summed E-state index contributed by atoms with van der Waals surface area (Å²) in [6.45, 7) is 2.17. The van der Waals surface area contributed by atoms with Crippen molar-refractivity contribution in [3.8, 4) is 0 Å². The Labute approximate surface area is 91.2 Å². The molecule has 0 saturated heterocycles. The van der Waals surface area contributed by atoms with E-state index in [2.05, 4.69) is 6.92 Å². The van der Waals surface area contributed by atoms with Gasteiger partial charge in [-0.05, 0) is 6.42 Å². The second-order valence-corrected chi connectivity index (χ2v) is 2.63. The van der Waals surface area contributed by atoms with Crippen LogP contribution < -0.4 is 5.73 Å². The molecule has 2 N–H and O–H groups in total. The first-order chi connectivity index (χ1) is 4.77. The standard InChI is InChI=1S/C8H17NO.Na/c1-2-3-4-5-6-7-8(9)10;/h2-7H2,1H3,(H2,9,10);. The molecule has 1 radical (unpaired) electrons. The van der Waals surface area contributed by atoms with Gasteiger partial charge < -0.3 is 5.73 Å². The Balaban J connectivity index is 0. The Morgan fingerprint density at radius 1 is 1.18 bits per heavy atom. The zero-order valence-corrected chi connectivity index (χ0v) is 9.73. The van der Waals surface area contributed by atoms with Gasteiger partial charge in [0.15, 0.2) is 0 Å². The number of primary amides is 1. The fourth-order valence-electron chi connectivity index (χ4n) is 0.903. The molecule has 0 aliphatic carbocycles.